The summed E-state index contributed by atoms with van der Waals surface area (Å²) in [6, 6.07) is 2.44. The van der Waals surface area contributed by atoms with Crippen LogP contribution in [0.15, 0.2) is 6.07 Å². The Kier molecular flexibility index (Phi) is 6.89. The summed E-state index contributed by atoms with van der Waals surface area (Å²) in [6.07, 6.45) is 16.3. The summed E-state index contributed by atoms with van der Waals surface area (Å²) < 4.78 is 5.27. The van der Waals surface area contributed by atoms with Crippen molar-refractivity contribution in [1.29, 1.82) is 0 Å². The molecule has 28 heavy (non-hydrogen) atoms. The first-order valence-corrected chi connectivity index (χ1v) is 11.6. The van der Waals surface area contributed by atoms with E-state index in [1.807, 2.05) is 0 Å². The number of hydrogen-bond donors (Lipinski definition) is 0. The Bertz CT molecular complexity index is 680. The SMILES string of the molecule is Cc1cc(CCCCC2(OC=O)CC2)c(C)c(C)c1CCCCCC1(C)CC1. The van der Waals surface area contributed by atoms with Crippen molar-refractivity contribution in [2.75, 3.05) is 0 Å². The maximum atomic E-state index is 10.6. The normalized spacial score (nSPS) is 18.7. The van der Waals surface area contributed by atoms with Crippen molar-refractivity contribution in [3.05, 3.63) is 33.9 Å². The smallest absolute Gasteiger partial charge is 0.293 e. The van der Waals surface area contributed by atoms with E-state index in [0.717, 1.165) is 32.1 Å². The molecule has 2 heteroatoms. The molecule has 2 nitrogen and oxygen atoms in total. The molecular weight excluding hydrogens is 344 g/mol. The largest absolute Gasteiger partial charge is 0.461 e. The van der Waals surface area contributed by atoms with E-state index >= 15 is 0 Å². The van der Waals surface area contributed by atoms with Gasteiger partial charge in [-0.15, -0.1) is 0 Å². The topological polar surface area (TPSA) is 26.3 Å². The molecule has 0 spiro atoms. The molecule has 0 amide bonds. The predicted octanol–water partition coefficient (Wildman–Crippen LogP) is 6.93. The lowest BCUT2D eigenvalue weighted by molar-refractivity contribution is -0.135. The van der Waals surface area contributed by atoms with Crippen molar-refractivity contribution in [2.45, 2.75) is 117 Å². The minimum absolute atomic E-state index is 0.0938. The second kappa shape index (κ2) is 9.01. The predicted molar refractivity (Wildman–Crippen MR) is 117 cm³/mol. The standard InChI is InChI=1S/C26H40O2/c1-20-18-23(10-7-9-13-26(16-17-26)28-19-27)21(2)22(3)24(20)11-6-5-8-12-25(4)14-15-25/h18-19H,5-17H2,1-4H3. The Morgan fingerprint density at radius 2 is 1.57 bits per heavy atom. The van der Waals surface area contributed by atoms with Gasteiger partial charge in [0.1, 0.15) is 5.60 Å². The molecule has 1 aromatic carbocycles. The fraction of sp³-hybridized carbons (Fsp3) is 0.731. The van der Waals surface area contributed by atoms with Crippen LogP contribution in [0.3, 0.4) is 0 Å². The van der Waals surface area contributed by atoms with Crippen molar-refractivity contribution in [3.8, 4) is 0 Å². The molecule has 0 heterocycles. The van der Waals surface area contributed by atoms with Crippen LogP contribution >= 0.6 is 0 Å². The highest BCUT2D eigenvalue weighted by molar-refractivity contribution is 5.44. The van der Waals surface area contributed by atoms with E-state index in [9.17, 15) is 4.79 Å². The van der Waals surface area contributed by atoms with Crippen LogP contribution < -0.4 is 0 Å². The minimum atomic E-state index is -0.0938. The highest BCUT2D eigenvalue weighted by Crippen LogP contribution is 2.49. The van der Waals surface area contributed by atoms with Gasteiger partial charge in [-0.1, -0.05) is 25.8 Å². The summed E-state index contributed by atoms with van der Waals surface area (Å²) in [4.78, 5) is 10.6. The number of ether oxygens (including phenoxy) is 1. The number of aryl methyl sites for hydroxylation is 2. The lowest BCUT2D eigenvalue weighted by atomic mass is 9.88. The van der Waals surface area contributed by atoms with Crippen LogP contribution in [0.25, 0.3) is 0 Å². The van der Waals surface area contributed by atoms with E-state index in [1.165, 1.54) is 73.6 Å². The van der Waals surface area contributed by atoms with Crippen LogP contribution in [-0.4, -0.2) is 12.1 Å². The van der Waals surface area contributed by atoms with Gasteiger partial charge in [0, 0.05) is 0 Å². The Morgan fingerprint density at radius 3 is 2.21 bits per heavy atom. The molecule has 0 aromatic heterocycles. The van der Waals surface area contributed by atoms with E-state index in [2.05, 4.69) is 33.8 Å². The molecule has 2 aliphatic rings. The van der Waals surface area contributed by atoms with Gasteiger partial charge in [-0.05, 0) is 125 Å². The first-order valence-electron chi connectivity index (χ1n) is 11.6. The van der Waals surface area contributed by atoms with E-state index < -0.39 is 0 Å². The average molecular weight is 385 g/mol. The molecule has 0 saturated heterocycles. The molecule has 0 bridgehead atoms. The van der Waals surface area contributed by atoms with E-state index in [-0.39, 0.29) is 5.60 Å². The van der Waals surface area contributed by atoms with Gasteiger partial charge in [-0.3, -0.25) is 4.79 Å². The van der Waals surface area contributed by atoms with Crippen LogP contribution in [0, 0.1) is 26.2 Å². The van der Waals surface area contributed by atoms with Crippen molar-refractivity contribution < 1.29 is 9.53 Å². The van der Waals surface area contributed by atoms with Gasteiger partial charge >= 0.3 is 0 Å². The molecule has 0 N–H and O–H groups in total. The number of carbonyl (C=O) groups excluding carboxylic acids is 1. The van der Waals surface area contributed by atoms with E-state index in [1.54, 1.807) is 5.56 Å². The van der Waals surface area contributed by atoms with Crippen LogP contribution in [-0.2, 0) is 22.4 Å². The fourth-order valence-corrected chi connectivity index (χ4v) is 4.79. The van der Waals surface area contributed by atoms with Gasteiger partial charge in [-0.2, -0.15) is 0 Å². The Labute approximate surface area is 172 Å². The molecule has 2 fully saturated rings. The fourth-order valence-electron chi connectivity index (χ4n) is 4.79. The van der Waals surface area contributed by atoms with Crippen LogP contribution in [0.2, 0.25) is 0 Å². The summed E-state index contributed by atoms with van der Waals surface area (Å²) >= 11 is 0. The molecule has 0 unspecified atom stereocenters. The Balaban J connectivity index is 1.45. The molecule has 2 aliphatic carbocycles. The minimum Gasteiger partial charge on any atom is -0.461 e. The summed E-state index contributed by atoms with van der Waals surface area (Å²) in [5, 5.41) is 0. The zero-order valence-corrected chi connectivity index (χ0v) is 18.7. The van der Waals surface area contributed by atoms with Gasteiger partial charge in [0.25, 0.3) is 6.47 Å². The van der Waals surface area contributed by atoms with Crippen LogP contribution in [0.1, 0.15) is 105 Å². The van der Waals surface area contributed by atoms with Gasteiger partial charge in [0.2, 0.25) is 0 Å². The van der Waals surface area contributed by atoms with Crippen molar-refractivity contribution >= 4 is 6.47 Å². The third kappa shape index (κ3) is 5.61. The van der Waals surface area contributed by atoms with Gasteiger partial charge < -0.3 is 4.74 Å². The number of hydrogen-bond acceptors (Lipinski definition) is 2. The zero-order valence-electron chi connectivity index (χ0n) is 18.7. The first kappa shape index (κ1) is 21.4. The maximum absolute atomic E-state index is 10.6. The summed E-state index contributed by atoms with van der Waals surface area (Å²) in [5.41, 5.74) is 8.22. The number of rotatable bonds is 13. The third-order valence-corrected chi connectivity index (χ3v) is 7.61. The van der Waals surface area contributed by atoms with Crippen molar-refractivity contribution in [1.82, 2.24) is 0 Å². The molecule has 156 valence electrons. The average Bonchev–Trinajstić information content (AvgIpc) is 3.58. The molecular formula is C26H40O2. The Hall–Kier alpha value is -1.31. The maximum Gasteiger partial charge on any atom is 0.293 e. The zero-order chi connectivity index (χ0) is 20.2. The van der Waals surface area contributed by atoms with Crippen molar-refractivity contribution in [3.63, 3.8) is 0 Å². The number of benzene rings is 1. The van der Waals surface area contributed by atoms with Gasteiger partial charge in [0.15, 0.2) is 0 Å². The highest BCUT2D eigenvalue weighted by atomic mass is 16.5. The molecule has 2 saturated carbocycles. The first-order chi connectivity index (χ1) is 13.4. The Morgan fingerprint density at radius 1 is 0.893 bits per heavy atom. The van der Waals surface area contributed by atoms with Gasteiger partial charge in [0.05, 0.1) is 0 Å². The summed E-state index contributed by atoms with van der Waals surface area (Å²) in [5.74, 6) is 0. The molecule has 3 rings (SSSR count). The summed E-state index contributed by atoms with van der Waals surface area (Å²) in [6.45, 7) is 10.0. The molecule has 0 radical (unpaired) electrons. The highest BCUT2D eigenvalue weighted by Gasteiger charge is 2.44. The lowest BCUT2D eigenvalue weighted by Crippen LogP contribution is -2.12. The van der Waals surface area contributed by atoms with Crippen molar-refractivity contribution in [2.24, 2.45) is 5.41 Å². The monoisotopic (exact) mass is 384 g/mol. The van der Waals surface area contributed by atoms with Crippen LogP contribution in [0.4, 0.5) is 0 Å². The molecule has 0 aliphatic heterocycles. The van der Waals surface area contributed by atoms with Gasteiger partial charge in [-0.25, -0.2) is 0 Å². The van der Waals surface area contributed by atoms with E-state index in [0.29, 0.717) is 11.9 Å². The van der Waals surface area contributed by atoms with E-state index in [4.69, 9.17) is 4.74 Å². The molecule has 0 atom stereocenters. The second-order valence-electron chi connectivity index (χ2n) is 10.1. The molecule has 1 aromatic rings. The van der Waals surface area contributed by atoms with Crippen LogP contribution in [0.5, 0.6) is 0 Å². The third-order valence-electron chi connectivity index (χ3n) is 7.61. The summed E-state index contributed by atoms with van der Waals surface area (Å²) in [7, 11) is 0. The number of unbranched alkanes of at least 4 members (excludes halogenated alkanes) is 3. The quantitative estimate of drug-likeness (QED) is 0.272. The lowest BCUT2D eigenvalue weighted by Gasteiger charge is -2.18. The second-order valence-corrected chi connectivity index (χ2v) is 10.1. The number of carbonyl (C=O) groups is 1.